The third-order valence-electron chi connectivity index (χ3n) is 2.33. The van der Waals surface area contributed by atoms with Crippen molar-refractivity contribution in [1.82, 2.24) is 4.98 Å². The van der Waals surface area contributed by atoms with Gasteiger partial charge < -0.3 is 11.1 Å². The molecule has 5 N–H and O–H groups in total. The zero-order valence-electron chi connectivity index (χ0n) is 10.2. The molecule has 0 saturated carbocycles. The van der Waals surface area contributed by atoms with Gasteiger partial charge in [0.05, 0.1) is 5.75 Å². The lowest BCUT2D eigenvalue weighted by molar-refractivity contribution is 0.102. The van der Waals surface area contributed by atoms with Crippen LogP contribution in [0.3, 0.4) is 0 Å². The number of thiazole rings is 1. The van der Waals surface area contributed by atoms with E-state index in [0.29, 0.717) is 16.4 Å². The van der Waals surface area contributed by atoms with E-state index in [1.54, 1.807) is 29.6 Å². The minimum atomic E-state index is -3.56. The average molecular weight is 312 g/mol. The summed E-state index contributed by atoms with van der Waals surface area (Å²) in [5, 5.41) is 9.45. The Kier molecular flexibility index (Phi) is 4.02. The Hall–Kier alpha value is -1.97. The van der Waals surface area contributed by atoms with Crippen molar-refractivity contribution in [2.75, 3.05) is 11.1 Å². The van der Waals surface area contributed by atoms with Gasteiger partial charge in [-0.1, -0.05) is 12.1 Å². The first-order chi connectivity index (χ1) is 9.33. The number of nitrogens with two attached hydrogens (primary N) is 2. The average Bonchev–Trinajstić information content (AvgIpc) is 2.77. The van der Waals surface area contributed by atoms with Crippen molar-refractivity contribution >= 4 is 38.1 Å². The van der Waals surface area contributed by atoms with Crippen LogP contribution in [0, 0.1) is 0 Å². The normalized spacial score (nSPS) is 11.2. The van der Waals surface area contributed by atoms with Crippen LogP contribution in [-0.2, 0) is 15.8 Å². The highest BCUT2D eigenvalue weighted by molar-refractivity contribution is 7.88. The van der Waals surface area contributed by atoms with E-state index in [1.165, 1.54) is 11.3 Å². The van der Waals surface area contributed by atoms with Gasteiger partial charge in [0.15, 0.2) is 5.13 Å². The maximum Gasteiger partial charge on any atom is 0.275 e. The molecule has 1 amide bonds. The van der Waals surface area contributed by atoms with Gasteiger partial charge >= 0.3 is 0 Å². The molecule has 2 rings (SSSR count). The van der Waals surface area contributed by atoms with Crippen molar-refractivity contribution in [3.8, 4) is 0 Å². The molecule has 0 fully saturated rings. The van der Waals surface area contributed by atoms with Gasteiger partial charge in [-0.15, -0.1) is 11.3 Å². The van der Waals surface area contributed by atoms with Crippen molar-refractivity contribution in [3.05, 3.63) is 40.9 Å². The molecule has 0 bridgehead atoms. The summed E-state index contributed by atoms with van der Waals surface area (Å²) < 4.78 is 21.9. The van der Waals surface area contributed by atoms with Crippen molar-refractivity contribution in [2.45, 2.75) is 5.75 Å². The number of benzene rings is 1. The Morgan fingerprint density at radius 2 is 1.95 bits per heavy atom. The predicted octanol–water partition coefficient (Wildman–Crippen LogP) is 0.766. The molecule has 0 aliphatic carbocycles. The molecule has 0 spiro atoms. The summed E-state index contributed by atoms with van der Waals surface area (Å²) in [4.78, 5) is 15.7. The molecule has 0 unspecified atom stereocenters. The number of rotatable bonds is 4. The fourth-order valence-corrected chi connectivity index (χ4v) is 2.70. The molecule has 0 aliphatic rings. The number of hydrogen-bond acceptors (Lipinski definition) is 6. The van der Waals surface area contributed by atoms with E-state index >= 15 is 0 Å². The number of primary sulfonamides is 1. The van der Waals surface area contributed by atoms with E-state index in [9.17, 15) is 13.2 Å². The molecule has 7 nitrogen and oxygen atoms in total. The minimum Gasteiger partial charge on any atom is -0.375 e. The quantitative estimate of drug-likeness (QED) is 0.768. The largest absolute Gasteiger partial charge is 0.375 e. The highest BCUT2D eigenvalue weighted by Crippen LogP contribution is 2.15. The summed E-state index contributed by atoms with van der Waals surface area (Å²) in [6.45, 7) is 0. The summed E-state index contributed by atoms with van der Waals surface area (Å²) in [6, 6.07) is 6.34. The smallest absolute Gasteiger partial charge is 0.275 e. The SMILES string of the molecule is Nc1nc(C(=O)Nc2ccc(CS(N)(=O)=O)cc2)cs1. The standard InChI is InChI=1S/C11H12N4O3S2/c12-11-15-9(5-19-11)10(16)14-8-3-1-7(2-4-8)6-20(13,17)18/h1-5H,6H2,(H2,12,15)(H,14,16)(H2,13,17,18). The monoisotopic (exact) mass is 312 g/mol. The molecule has 20 heavy (non-hydrogen) atoms. The summed E-state index contributed by atoms with van der Waals surface area (Å²) in [5.74, 6) is -0.624. The molecule has 0 saturated heterocycles. The Morgan fingerprint density at radius 1 is 1.30 bits per heavy atom. The fourth-order valence-electron chi connectivity index (χ4n) is 1.50. The second kappa shape index (κ2) is 5.57. The number of nitrogens with one attached hydrogen (secondary N) is 1. The Morgan fingerprint density at radius 3 is 2.45 bits per heavy atom. The molecule has 0 radical (unpaired) electrons. The zero-order chi connectivity index (χ0) is 14.8. The highest BCUT2D eigenvalue weighted by Gasteiger charge is 2.10. The van der Waals surface area contributed by atoms with Gasteiger partial charge in [-0.2, -0.15) is 0 Å². The lowest BCUT2D eigenvalue weighted by Crippen LogP contribution is -2.15. The number of carbonyl (C=O) groups is 1. The lowest BCUT2D eigenvalue weighted by Gasteiger charge is -2.04. The number of carbonyl (C=O) groups excluding carboxylic acids is 1. The molecular formula is C11H12N4O3S2. The summed E-state index contributed by atoms with van der Waals surface area (Å²) in [6.07, 6.45) is 0. The van der Waals surface area contributed by atoms with E-state index < -0.39 is 10.0 Å². The van der Waals surface area contributed by atoms with Crippen LogP contribution in [-0.4, -0.2) is 19.3 Å². The number of amides is 1. The van der Waals surface area contributed by atoms with Crippen molar-refractivity contribution in [3.63, 3.8) is 0 Å². The molecular weight excluding hydrogens is 300 g/mol. The second-order valence-corrected chi connectivity index (χ2v) is 6.53. The summed E-state index contributed by atoms with van der Waals surface area (Å²) in [5.41, 5.74) is 6.76. The molecule has 0 atom stereocenters. The van der Waals surface area contributed by atoms with E-state index in [-0.39, 0.29) is 17.4 Å². The van der Waals surface area contributed by atoms with E-state index in [2.05, 4.69) is 10.3 Å². The number of sulfonamides is 1. The fraction of sp³-hybridized carbons (Fsp3) is 0.0909. The topological polar surface area (TPSA) is 128 Å². The maximum atomic E-state index is 11.8. The molecule has 9 heteroatoms. The van der Waals surface area contributed by atoms with Crippen LogP contribution in [0.1, 0.15) is 16.1 Å². The van der Waals surface area contributed by atoms with Crippen LogP contribution in [0.4, 0.5) is 10.8 Å². The Labute approximate surface area is 119 Å². The number of anilines is 2. The van der Waals surface area contributed by atoms with Gasteiger partial charge in [0.25, 0.3) is 5.91 Å². The van der Waals surface area contributed by atoms with E-state index in [0.717, 1.165) is 0 Å². The molecule has 1 heterocycles. The predicted molar refractivity (Wildman–Crippen MR) is 77.7 cm³/mol. The van der Waals surface area contributed by atoms with Crippen LogP contribution < -0.4 is 16.2 Å². The van der Waals surface area contributed by atoms with Crippen LogP contribution >= 0.6 is 11.3 Å². The Balaban J connectivity index is 2.06. The summed E-state index contributed by atoms with van der Waals surface area (Å²) in [7, 11) is -3.56. The maximum absolute atomic E-state index is 11.8. The van der Waals surface area contributed by atoms with Crippen molar-refractivity contribution < 1.29 is 13.2 Å². The van der Waals surface area contributed by atoms with Gasteiger partial charge in [-0.25, -0.2) is 18.5 Å². The molecule has 0 aliphatic heterocycles. The lowest BCUT2D eigenvalue weighted by atomic mass is 10.2. The first kappa shape index (κ1) is 14.4. The first-order valence-corrected chi connectivity index (χ1v) is 8.05. The number of nitrogen functional groups attached to an aromatic ring is 1. The van der Waals surface area contributed by atoms with Crippen LogP contribution in [0.5, 0.6) is 0 Å². The van der Waals surface area contributed by atoms with Gasteiger partial charge in [-0.05, 0) is 17.7 Å². The zero-order valence-corrected chi connectivity index (χ0v) is 11.9. The first-order valence-electron chi connectivity index (χ1n) is 5.45. The molecule has 2 aromatic rings. The van der Waals surface area contributed by atoms with E-state index in [1.807, 2.05) is 0 Å². The van der Waals surface area contributed by atoms with Crippen LogP contribution in [0.15, 0.2) is 29.6 Å². The van der Waals surface area contributed by atoms with Crippen LogP contribution in [0.25, 0.3) is 0 Å². The van der Waals surface area contributed by atoms with Gasteiger partial charge in [0.1, 0.15) is 5.69 Å². The third kappa shape index (κ3) is 4.02. The van der Waals surface area contributed by atoms with Crippen LogP contribution in [0.2, 0.25) is 0 Å². The minimum absolute atomic E-state index is 0.237. The molecule has 1 aromatic carbocycles. The Bertz CT molecular complexity index is 722. The number of aromatic nitrogens is 1. The summed E-state index contributed by atoms with van der Waals surface area (Å²) >= 11 is 1.18. The number of hydrogen-bond donors (Lipinski definition) is 3. The van der Waals surface area contributed by atoms with Gasteiger partial charge in [0.2, 0.25) is 10.0 Å². The van der Waals surface area contributed by atoms with E-state index in [4.69, 9.17) is 10.9 Å². The molecule has 1 aromatic heterocycles. The highest BCUT2D eigenvalue weighted by atomic mass is 32.2. The second-order valence-electron chi connectivity index (χ2n) is 4.03. The van der Waals surface area contributed by atoms with Gasteiger partial charge in [0, 0.05) is 11.1 Å². The van der Waals surface area contributed by atoms with Gasteiger partial charge in [-0.3, -0.25) is 4.79 Å². The third-order valence-corrected chi connectivity index (χ3v) is 3.74. The molecule has 106 valence electrons. The van der Waals surface area contributed by atoms with Crippen molar-refractivity contribution in [2.24, 2.45) is 5.14 Å². The number of nitrogens with zero attached hydrogens (tertiary/aromatic N) is 1. The van der Waals surface area contributed by atoms with Crippen molar-refractivity contribution in [1.29, 1.82) is 0 Å².